The van der Waals surface area contributed by atoms with E-state index in [-0.39, 0.29) is 11.6 Å². The van der Waals surface area contributed by atoms with Crippen LogP contribution < -0.4 is 10.6 Å². The van der Waals surface area contributed by atoms with Crippen LogP contribution in [0.2, 0.25) is 0 Å². The molecule has 2 N–H and O–H groups in total. The van der Waals surface area contributed by atoms with Gasteiger partial charge in [-0.05, 0) is 65.2 Å². The van der Waals surface area contributed by atoms with Crippen LogP contribution in [-0.4, -0.2) is 15.9 Å². The molecule has 0 unspecified atom stereocenters. The Balaban J connectivity index is 1.71. The number of hydrogen-bond acceptors (Lipinski definition) is 4. The number of carbonyl (C=O) groups is 1. The number of benzene rings is 2. The van der Waals surface area contributed by atoms with Gasteiger partial charge in [0.1, 0.15) is 11.5 Å². The van der Waals surface area contributed by atoms with Crippen LogP contribution in [0.5, 0.6) is 0 Å². The van der Waals surface area contributed by atoms with Gasteiger partial charge < -0.3 is 10.6 Å². The molecule has 0 fully saturated rings. The Morgan fingerprint density at radius 1 is 1.00 bits per heavy atom. The molecular weight excluding hydrogens is 380 g/mol. The summed E-state index contributed by atoms with van der Waals surface area (Å²) in [4.78, 5) is 20.7. The summed E-state index contributed by atoms with van der Waals surface area (Å²) in [7, 11) is 0. The van der Waals surface area contributed by atoms with Crippen LogP contribution in [0.25, 0.3) is 0 Å². The van der Waals surface area contributed by atoms with Crippen molar-refractivity contribution in [2.45, 2.75) is 13.8 Å². The second-order valence-electron chi connectivity index (χ2n) is 5.72. The van der Waals surface area contributed by atoms with E-state index >= 15 is 0 Å². The van der Waals surface area contributed by atoms with Gasteiger partial charge in [0, 0.05) is 10.2 Å². The van der Waals surface area contributed by atoms with Gasteiger partial charge >= 0.3 is 0 Å². The molecule has 0 bridgehead atoms. The number of hydrogen-bond donors (Lipinski definition) is 2. The van der Waals surface area contributed by atoms with Crippen LogP contribution >= 0.6 is 15.9 Å². The summed E-state index contributed by atoms with van der Waals surface area (Å²) in [6.07, 6.45) is 3.00. The lowest BCUT2D eigenvalue weighted by atomic mass is 10.1. The normalized spacial score (nSPS) is 10.4. The van der Waals surface area contributed by atoms with E-state index in [1.165, 1.54) is 17.3 Å². The fourth-order valence-electron chi connectivity index (χ4n) is 2.45. The van der Waals surface area contributed by atoms with Crippen LogP contribution in [0.3, 0.4) is 0 Å². The molecule has 1 aromatic heterocycles. The zero-order chi connectivity index (χ0) is 17.8. The molecule has 0 saturated carbocycles. The summed E-state index contributed by atoms with van der Waals surface area (Å²) in [6.45, 7) is 4.08. The first-order valence-corrected chi connectivity index (χ1v) is 8.54. The largest absolute Gasteiger partial charge is 0.339 e. The lowest BCUT2D eigenvalue weighted by molar-refractivity contribution is 0.102. The molecule has 0 aliphatic carbocycles. The van der Waals surface area contributed by atoms with Gasteiger partial charge in [-0.3, -0.25) is 4.79 Å². The first-order chi connectivity index (χ1) is 12.0. The summed E-state index contributed by atoms with van der Waals surface area (Å²) >= 11 is 3.40. The van der Waals surface area contributed by atoms with Crippen molar-refractivity contribution in [1.82, 2.24) is 9.97 Å². The van der Waals surface area contributed by atoms with E-state index in [9.17, 15) is 4.79 Å². The Morgan fingerprint density at radius 2 is 1.72 bits per heavy atom. The minimum absolute atomic E-state index is 0.252. The predicted molar refractivity (Wildman–Crippen MR) is 103 cm³/mol. The molecule has 5 nitrogen and oxygen atoms in total. The maximum absolute atomic E-state index is 12.3. The molecule has 2 aromatic carbocycles. The number of amides is 1. The van der Waals surface area contributed by atoms with Crippen LogP contribution in [0.1, 0.15) is 21.6 Å². The Bertz CT molecular complexity index is 889. The zero-order valence-electron chi connectivity index (χ0n) is 13.9. The molecule has 0 atom stereocenters. The molecule has 0 aliphatic rings. The number of nitrogens with zero attached hydrogens (tertiary/aromatic N) is 2. The summed E-state index contributed by atoms with van der Waals surface area (Å²) in [5.74, 6) is 0.278. The monoisotopic (exact) mass is 396 g/mol. The van der Waals surface area contributed by atoms with Crippen molar-refractivity contribution in [3.8, 4) is 0 Å². The van der Waals surface area contributed by atoms with Crippen molar-refractivity contribution in [2.75, 3.05) is 10.6 Å². The standard InChI is InChI=1S/C19H17BrN4O/c1-12-7-13(2)9-14(8-12)23-18-11-21-17(10-22-18)19(25)24-16-6-4-3-5-15(16)20/h3-11H,1-2H3,(H,22,23)(H,24,25). The highest BCUT2D eigenvalue weighted by Gasteiger charge is 2.10. The fourth-order valence-corrected chi connectivity index (χ4v) is 2.84. The number of halogens is 1. The fraction of sp³-hybridized carbons (Fsp3) is 0.105. The third-order valence-corrected chi connectivity index (χ3v) is 4.19. The average molecular weight is 397 g/mol. The number of nitrogens with one attached hydrogen (secondary N) is 2. The highest BCUT2D eigenvalue weighted by atomic mass is 79.9. The van der Waals surface area contributed by atoms with E-state index in [0.717, 1.165) is 10.2 Å². The lowest BCUT2D eigenvalue weighted by Crippen LogP contribution is -2.14. The van der Waals surface area contributed by atoms with E-state index in [2.05, 4.69) is 42.6 Å². The molecule has 3 aromatic rings. The van der Waals surface area contributed by atoms with Crippen molar-refractivity contribution in [2.24, 2.45) is 0 Å². The smallest absolute Gasteiger partial charge is 0.275 e. The maximum atomic E-state index is 12.3. The van der Waals surface area contributed by atoms with Gasteiger partial charge in [-0.2, -0.15) is 0 Å². The number of aryl methyl sites for hydroxylation is 2. The molecule has 0 saturated heterocycles. The SMILES string of the molecule is Cc1cc(C)cc(Nc2cnc(C(=O)Nc3ccccc3Br)cn2)c1. The summed E-state index contributed by atoms with van der Waals surface area (Å²) < 4.78 is 0.810. The minimum atomic E-state index is -0.308. The number of carbonyl (C=O) groups excluding carboxylic acids is 1. The molecule has 1 amide bonds. The number of aromatic nitrogens is 2. The van der Waals surface area contributed by atoms with Gasteiger partial charge in [-0.25, -0.2) is 9.97 Å². The maximum Gasteiger partial charge on any atom is 0.275 e. The number of rotatable bonds is 4. The predicted octanol–water partition coefficient (Wildman–Crippen LogP) is 4.85. The van der Waals surface area contributed by atoms with E-state index in [4.69, 9.17) is 0 Å². The molecule has 1 heterocycles. The van der Waals surface area contributed by atoms with Gasteiger partial charge in [-0.15, -0.1) is 0 Å². The molecule has 6 heteroatoms. The first-order valence-electron chi connectivity index (χ1n) is 7.74. The summed E-state index contributed by atoms with van der Waals surface area (Å²) in [5, 5.41) is 6.00. The second kappa shape index (κ2) is 7.44. The van der Waals surface area contributed by atoms with Crippen molar-refractivity contribution in [3.63, 3.8) is 0 Å². The van der Waals surface area contributed by atoms with Crippen LogP contribution in [0.15, 0.2) is 59.3 Å². The van der Waals surface area contributed by atoms with Gasteiger partial charge in [-0.1, -0.05) is 18.2 Å². The third kappa shape index (κ3) is 4.42. The minimum Gasteiger partial charge on any atom is -0.339 e. The zero-order valence-corrected chi connectivity index (χ0v) is 15.5. The van der Waals surface area contributed by atoms with Crippen LogP contribution in [0, 0.1) is 13.8 Å². The molecule has 0 spiro atoms. The van der Waals surface area contributed by atoms with E-state index in [1.807, 2.05) is 50.2 Å². The molecule has 0 aliphatic heterocycles. The molecular formula is C19H17BrN4O. The second-order valence-corrected chi connectivity index (χ2v) is 6.58. The highest BCUT2D eigenvalue weighted by Crippen LogP contribution is 2.22. The lowest BCUT2D eigenvalue weighted by Gasteiger charge is -2.09. The molecule has 3 rings (SSSR count). The number of para-hydroxylation sites is 1. The van der Waals surface area contributed by atoms with E-state index < -0.39 is 0 Å². The van der Waals surface area contributed by atoms with Gasteiger partial charge in [0.15, 0.2) is 0 Å². The quantitative estimate of drug-likeness (QED) is 0.661. The van der Waals surface area contributed by atoms with Crippen LogP contribution in [-0.2, 0) is 0 Å². The average Bonchev–Trinajstić information content (AvgIpc) is 2.56. The van der Waals surface area contributed by atoms with Gasteiger partial charge in [0.05, 0.1) is 18.1 Å². The first kappa shape index (κ1) is 17.1. The summed E-state index contributed by atoms with van der Waals surface area (Å²) in [6, 6.07) is 13.6. The number of anilines is 3. The van der Waals surface area contributed by atoms with Crippen LogP contribution in [0.4, 0.5) is 17.2 Å². The van der Waals surface area contributed by atoms with Crippen molar-refractivity contribution < 1.29 is 4.79 Å². The molecule has 0 radical (unpaired) electrons. The van der Waals surface area contributed by atoms with Crippen molar-refractivity contribution in [1.29, 1.82) is 0 Å². The van der Waals surface area contributed by atoms with E-state index in [0.29, 0.717) is 11.5 Å². The Hall–Kier alpha value is -2.73. The Morgan fingerprint density at radius 3 is 2.36 bits per heavy atom. The third-order valence-electron chi connectivity index (χ3n) is 3.50. The van der Waals surface area contributed by atoms with Gasteiger partial charge in [0.2, 0.25) is 0 Å². The van der Waals surface area contributed by atoms with Crippen molar-refractivity contribution >= 4 is 39.0 Å². The topological polar surface area (TPSA) is 66.9 Å². The summed E-state index contributed by atoms with van der Waals surface area (Å²) in [5.41, 5.74) is 4.21. The molecule has 25 heavy (non-hydrogen) atoms. The Labute approximate surface area is 154 Å². The van der Waals surface area contributed by atoms with Gasteiger partial charge in [0.25, 0.3) is 5.91 Å². The Kier molecular flexibility index (Phi) is 5.09. The highest BCUT2D eigenvalue weighted by molar-refractivity contribution is 9.10. The van der Waals surface area contributed by atoms with E-state index in [1.54, 1.807) is 6.20 Å². The van der Waals surface area contributed by atoms with Crippen molar-refractivity contribution in [3.05, 3.63) is 76.2 Å². The molecule has 126 valence electrons.